The van der Waals surface area contributed by atoms with Crippen molar-refractivity contribution in [2.45, 2.75) is 9.79 Å². The second-order valence-corrected chi connectivity index (χ2v) is 16.1. The second kappa shape index (κ2) is 22.3. The third-order valence-electron chi connectivity index (χ3n) is 9.07. The Morgan fingerprint density at radius 1 is 0.562 bits per heavy atom. The summed E-state index contributed by atoms with van der Waals surface area (Å²) in [5.74, 6) is -0.0866. The number of aliphatic hydroxyl groups is 4. The van der Waals surface area contributed by atoms with Crippen LogP contribution in [0.2, 0.25) is 0 Å². The van der Waals surface area contributed by atoms with Crippen molar-refractivity contribution in [2.24, 2.45) is 0 Å². The Balaban J connectivity index is 0.00000771. The number of benzene rings is 4. The zero-order valence-corrected chi connectivity index (χ0v) is 34.9. The van der Waals surface area contributed by atoms with Gasteiger partial charge in [-0.25, -0.2) is 0 Å². The van der Waals surface area contributed by atoms with Gasteiger partial charge < -0.3 is 46.6 Å². The summed E-state index contributed by atoms with van der Waals surface area (Å²) >= 11 is 0. The molecule has 0 spiro atoms. The number of aromatic nitrogens is 6. The van der Waals surface area contributed by atoms with Crippen LogP contribution in [0, 0.1) is 0 Å². The molecule has 2 heterocycles. The first-order valence-electron chi connectivity index (χ1n) is 19.0. The first kappa shape index (κ1) is 49.3. The molecule has 2 aromatic heterocycles. The van der Waals surface area contributed by atoms with E-state index in [0.717, 1.165) is 6.07 Å². The zero-order valence-electron chi connectivity index (χ0n) is 33.3. The van der Waals surface area contributed by atoms with Crippen LogP contribution in [0.15, 0.2) is 101 Å². The van der Waals surface area contributed by atoms with Crippen molar-refractivity contribution < 1.29 is 46.4 Å². The van der Waals surface area contributed by atoms with Gasteiger partial charge in [-0.2, -0.15) is 46.7 Å². The molecule has 64 heavy (non-hydrogen) atoms. The normalized spacial score (nSPS) is 11.6. The summed E-state index contributed by atoms with van der Waals surface area (Å²) in [6, 6.07) is 24.2. The molecular formula is C40H44N11NaO10S2. The number of aliphatic hydroxyl groups excluding tert-OH is 4. The number of hydrogen-bond acceptors (Lipinski definition) is 19. The van der Waals surface area contributed by atoms with Gasteiger partial charge in [0.15, 0.2) is 11.6 Å². The molecule has 0 saturated heterocycles. The number of anilines is 7. The van der Waals surface area contributed by atoms with Crippen molar-refractivity contribution in [3.8, 4) is 22.8 Å². The molecule has 6 aromatic rings. The maximum atomic E-state index is 13.0. The van der Waals surface area contributed by atoms with Crippen LogP contribution < -0.4 is 26.2 Å². The molecule has 0 bridgehead atoms. The van der Waals surface area contributed by atoms with Gasteiger partial charge in [-0.15, -0.1) is 0 Å². The van der Waals surface area contributed by atoms with Crippen molar-refractivity contribution >= 4 is 103 Å². The fraction of sp³-hybridized carbons (Fsp3) is 0.200. The van der Waals surface area contributed by atoms with Crippen molar-refractivity contribution in [1.29, 1.82) is 0 Å². The molecule has 0 fully saturated rings. The maximum absolute atomic E-state index is 13.0. The summed E-state index contributed by atoms with van der Waals surface area (Å²) in [4.78, 5) is 28.2. The Hall–Kier alpha value is -5.70. The number of nitrogens with zero attached hydrogens (tertiary/aromatic N) is 8. The van der Waals surface area contributed by atoms with E-state index < -0.39 is 35.7 Å². The van der Waals surface area contributed by atoms with Crippen molar-refractivity contribution in [3.63, 3.8) is 0 Å². The second-order valence-electron chi connectivity index (χ2n) is 13.4. The Labute approximate surface area is 390 Å². The number of rotatable bonds is 20. The van der Waals surface area contributed by atoms with Gasteiger partial charge in [0.25, 0.3) is 20.2 Å². The third kappa shape index (κ3) is 12.5. The molecule has 0 atom stereocenters. The topological polar surface area (TPSA) is 324 Å². The molecular weight excluding hydrogens is 882 g/mol. The summed E-state index contributed by atoms with van der Waals surface area (Å²) < 4.78 is 72.6. The molecule has 0 saturated carbocycles. The summed E-state index contributed by atoms with van der Waals surface area (Å²) in [6.45, 7) is -1.10. The van der Waals surface area contributed by atoms with E-state index in [1.165, 1.54) is 46.2 Å². The van der Waals surface area contributed by atoms with Gasteiger partial charge in [-0.05, 0) is 47.5 Å². The molecule has 0 unspecified atom stereocenters. The van der Waals surface area contributed by atoms with Gasteiger partial charge >= 0.3 is 29.6 Å². The minimum atomic E-state index is -5.10. The minimum absolute atomic E-state index is 0. The monoisotopic (exact) mass is 925 g/mol. The number of nitrogens with two attached hydrogens (primary N) is 1. The molecule has 4 aromatic carbocycles. The Morgan fingerprint density at radius 3 is 1.48 bits per heavy atom. The van der Waals surface area contributed by atoms with Crippen LogP contribution in [0.1, 0.15) is 11.1 Å². The molecule has 0 aliphatic rings. The molecule has 6 rings (SSSR count). The number of para-hydroxylation sites is 2. The Kier molecular flexibility index (Phi) is 17.2. The molecule has 0 aliphatic carbocycles. The van der Waals surface area contributed by atoms with Gasteiger partial charge in [0.05, 0.1) is 32.1 Å². The molecule has 0 radical (unpaired) electrons. The fourth-order valence-corrected chi connectivity index (χ4v) is 7.76. The standard InChI is InChI=1S/C40H43N11O10S2.Na.H/c41-33-31(36-45-38(43-30-9-5-2-6-10-30)49-40(47-36)51(19-23-54)20-24-55)16-15-27(34(33)63(59,60)61)13-11-26-12-14-28(25-32(26)62(56,57)58)35-44-37(42-29-7-3-1-4-8-29)48-39(46-35)50(17-21-52)18-22-53;;/h1-16,25,52-55H,17-24,41H2,(H,56,57,58)(H,59,60,61)(H,42,44,46,48)(H,43,45,47,49);;. The van der Waals surface area contributed by atoms with Gasteiger partial charge in [0.1, 0.15) is 9.79 Å². The molecule has 10 N–H and O–H groups in total. The molecule has 21 nitrogen and oxygen atoms in total. The Bertz CT molecular complexity index is 2780. The number of nitrogen functional groups attached to an aromatic ring is 1. The first-order chi connectivity index (χ1) is 30.2. The van der Waals surface area contributed by atoms with Crippen molar-refractivity contribution in [2.75, 3.05) is 78.8 Å². The van der Waals surface area contributed by atoms with Gasteiger partial charge in [-0.1, -0.05) is 66.7 Å². The van der Waals surface area contributed by atoms with E-state index in [-0.39, 0.29) is 140 Å². The molecule has 0 amide bonds. The average Bonchev–Trinajstić information content (AvgIpc) is 3.25. The van der Waals surface area contributed by atoms with Crippen LogP contribution in [-0.4, -0.2) is 158 Å². The van der Waals surface area contributed by atoms with Crippen LogP contribution in [0.5, 0.6) is 0 Å². The van der Waals surface area contributed by atoms with Crippen LogP contribution >= 0.6 is 0 Å². The quantitative estimate of drug-likeness (QED) is 0.0229. The fourth-order valence-electron chi connectivity index (χ4n) is 6.23. The van der Waals surface area contributed by atoms with E-state index >= 15 is 0 Å². The molecule has 332 valence electrons. The van der Waals surface area contributed by atoms with Crippen molar-refractivity contribution in [1.82, 2.24) is 29.9 Å². The van der Waals surface area contributed by atoms with E-state index in [9.17, 15) is 46.4 Å². The molecule has 24 heteroatoms. The van der Waals surface area contributed by atoms with Crippen LogP contribution in [0.3, 0.4) is 0 Å². The molecule has 0 aliphatic heterocycles. The predicted molar refractivity (Wildman–Crippen MR) is 243 cm³/mol. The predicted octanol–water partition coefficient (Wildman–Crippen LogP) is 2.06. The van der Waals surface area contributed by atoms with E-state index in [1.54, 1.807) is 54.6 Å². The van der Waals surface area contributed by atoms with E-state index in [2.05, 4.69) is 40.5 Å². The summed E-state index contributed by atoms with van der Waals surface area (Å²) in [5.41, 5.74) is 6.93. The zero-order chi connectivity index (χ0) is 45.1. The van der Waals surface area contributed by atoms with E-state index in [0.29, 0.717) is 11.4 Å². The van der Waals surface area contributed by atoms with Gasteiger partial charge in [-0.3, -0.25) is 9.11 Å². The SMILES string of the molecule is Nc1c(-c2nc(Nc3ccccc3)nc(N(CCO)CCO)n2)ccc(C=Cc2ccc(-c3nc(Nc4ccccc4)nc(N(CCO)CCO)n3)cc2S(=O)(=O)O)c1S(=O)(=O)O.[NaH]. The first-order valence-corrected chi connectivity index (χ1v) is 21.9. The van der Waals surface area contributed by atoms with E-state index in [1.807, 2.05) is 6.07 Å². The van der Waals surface area contributed by atoms with Crippen molar-refractivity contribution in [3.05, 3.63) is 102 Å². The van der Waals surface area contributed by atoms with Crippen LogP contribution in [0.25, 0.3) is 34.9 Å². The summed E-state index contributed by atoms with van der Waals surface area (Å²) in [5, 5.41) is 44.8. The van der Waals surface area contributed by atoms with E-state index in [4.69, 9.17) is 5.73 Å². The number of nitrogens with one attached hydrogen (secondary N) is 2. The Morgan fingerprint density at radius 2 is 1.02 bits per heavy atom. The van der Waals surface area contributed by atoms with Gasteiger partial charge in [0.2, 0.25) is 23.8 Å². The van der Waals surface area contributed by atoms with Crippen LogP contribution in [-0.2, 0) is 20.2 Å². The summed E-state index contributed by atoms with van der Waals surface area (Å²) in [7, 11) is -10.1. The number of hydrogen-bond donors (Lipinski definition) is 9. The third-order valence-corrected chi connectivity index (χ3v) is 11.0. The van der Waals surface area contributed by atoms with Crippen LogP contribution in [0.4, 0.5) is 40.9 Å². The average molecular weight is 926 g/mol. The van der Waals surface area contributed by atoms with Gasteiger partial charge in [0, 0.05) is 48.7 Å². The summed E-state index contributed by atoms with van der Waals surface area (Å²) in [6.07, 6.45) is 2.36.